The summed E-state index contributed by atoms with van der Waals surface area (Å²) in [6, 6.07) is 3.18. The number of terminal acetylenes is 1. The van der Waals surface area contributed by atoms with Crippen molar-refractivity contribution in [1.29, 1.82) is 0 Å². The molecule has 138 valence electrons. The van der Waals surface area contributed by atoms with Gasteiger partial charge in [0.2, 0.25) is 12.1 Å². The van der Waals surface area contributed by atoms with Crippen LogP contribution in [0.15, 0.2) is 30.7 Å². The molecule has 0 spiro atoms. The molecule has 26 heavy (non-hydrogen) atoms. The van der Waals surface area contributed by atoms with Gasteiger partial charge in [0.1, 0.15) is 21.2 Å². The molecule has 2 aromatic heterocycles. The Morgan fingerprint density at radius 3 is 2.85 bits per heavy atom. The smallest absolute Gasteiger partial charge is 0.231 e. The van der Waals surface area contributed by atoms with Gasteiger partial charge in [-0.3, -0.25) is 9.69 Å². The van der Waals surface area contributed by atoms with Crippen molar-refractivity contribution in [1.82, 2.24) is 9.78 Å². The molecule has 0 aliphatic carbocycles. The lowest BCUT2D eigenvalue weighted by atomic mass is 10.2. The normalized spacial score (nSPS) is 12.4. The van der Waals surface area contributed by atoms with Crippen molar-refractivity contribution < 1.29 is 17.9 Å². The molecule has 0 aliphatic heterocycles. The molecule has 2 heterocycles. The highest BCUT2D eigenvalue weighted by Gasteiger charge is 2.27. The molecule has 0 saturated carbocycles. The first-order valence-electron chi connectivity index (χ1n) is 7.49. The summed E-state index contributed by atoms with van der Waals surface area (Å²) in [6.07, 6.45) is 10.5. The third-order valence-corrected chi connectivity index (χ3v) is 4.83. The Bertz CT molecular complexity index is 965. The predicted octanol–water partition coefficient (Wildman–Crippen LogP) is 0.806. The van der Waals surface area contributed by atoms with Crippen LogP contribution in [0.25, 0.3) is 5.69 Å². The molecule has 1 unspecified atom stereocenters. The molecule has 10 heteroatoms. The van der Waals surface area contributed by atoms with Crippen molar-refractivity contribution in [3.05, 3.63) is 41.1 Å². The highest BCUT2D eigenvalue weighted by Crippen LogP contribution is 2.27. The number of carbonyl (C=O) groups is 1. The van der Waals surface area contributed by atoms with Gasteiger partial charge in [-0.05, 0) is 6.07 Å². The first kappa shape index (κ1) is 19.8. The minimum Gasteiger partial charge on any atom is -0.619 e. The number of halogens is 1. The number of carbonyl (C=O) groups excluding carboxylic acids is 1. The molecule has 0 bridgehead atoms. The van der Waals surface area contributed by atoms with Gasteiger partial charge in [0.05, 0.1) is 18.5 Å². The van der Waals surface area contributed by atoms with Crippen LogP contribution in [0.5, 0.6) is 0 Å². The second kappa shape index (κ2) is 7.76. The largest absolute Gasteiger partial charge is 0.619 e. The molecule has 0 fully saturated rings. The molecule has 1 amide bonds. The number of pyridine rings is 1. The van der Waals surface area contributed by atoms with Crippen molar-refractivity contribution in [3.8, 4) is 18.0 Å². The van der Waals surface area contributed by atoms with Crippen molar-refractivity contribution in [3.63, 3.8) is 0 Å². The van der Waals surface area contributed by atoms with Gasteiger partial charge >= 0.3 is 0 Å². The Morgan fingerprint density at radius 1 is 1.58 bits per heavy atom. The number of hydrogen-bond acceptors (Lipinski definition) is 5. The second-order valence-electron chi connectivity index (χ2n) is 5.79. The number of anilines is 1. The fourth-order valence-electron chi connectivity index (χ4n) is 2.40. The molecule has 0 aromatic carbocycles. The van der Waals surface area contributed by atoms with Crippen LogP contribution in [-0.4, -0.2) is 42.7 Å². The fourth-order valence-corrected chi connectivity index (χ4v) is 3.68. The van der Waals surface area contributed by atoms with E-state index < -0.39 is 21.7 Å². The van der Waals surface area contributed by atoms with E-state index in [9.17, 15) is 18.4 Å². The van der Waals surface area contributed by atoms with E-state index in [1.54, 1.807) is 6.07 Å². The lowest BCUT2D eigenvalue weighted by Crippen LogP contribution is -2.38. The maximum Gasteiger partial charge on any atom is 0.231 e. The zero-order valence-electron chi connectivity index (χ0n) is 14.2. The standard InChI is InChI=1S/C16H17ClN4O4S/c1-4-7-20(16(22)12(2)11-26(3,24)25)14-10-21(18-15(14)17)13-6-5-8-19(23)9-13/h1,5-6,8-10,12H,7,11H2,2-3H3. The van der Waals surface area contributed by atoms with Crippen molar-refractivity contribution in [2.45, 2.75) is 6.92 Å². The van der Waals surface area contributed by atoms with Crippen LogP contribution in [-0.2, 0) is 14.6 Å². The number of amides is 1. The third kappa shape index (κ3) is 4.74. The van der Waals surface area contributed by atoms with E-state index in [1.807, 2.05) is 0 Å². The van der Waals surface area contributed by atoms with E-state index in [-0.39, 0.29) is 23.1 Å². The Labute approximate surface area is 156 Å². The topological polar surface area (TPSA) is 99.2 Å². The van der Waals surface area contributed by atoms with Crippen LogP contribution in [0.4, 0.5) is 5.69 Å². The minimum atomic E-state index is -3.34. The summed E-state index contributed by atoms with van der Waals surface area (Å²) < 4.78 is 24.9. The Kier molecular flexibility index (Phi) is 5.90. The first-order chi connectivity index (χ1) is 12.1. The molecule has 1 atom stereocenters. The van der Waals surface area contributed by atoms with Gasteiger partial charge in [0.25, 0.3) is 0 Å². The molecule has 0 saturated heterocycles. The highest BCUT2D eigenvalue weighted by atomic mass is 35.5. The maximum atomic E-state index is 12.7. The molecule has 0 aliphatic rings. The summed E-state index contributed by atoms with van der Waals surface area (Å²) in [5.74, 6) is 0.753. The second-order valence-corrected chi connectivity index (χ2v) is 8.34. The van der Waals surface area contributed by atoms with Gasteiger partial charge in [-0.25, -0.2) is 13.1 Å². The van der Waals surface area contributed by atoms with Crippen molar-refractivity contribution >= 4 is 33.0 Å². The van der Waals surface area contributed by atoms with Crippen LogP contribution in [0.3, 0.4) is 0 Å². The zero-order valence-corrected chi connectivity index (χ0v) is 15.7. The number of sulfone groups is 1. The van der Waals surface area contributed by atoms with Gasteiger partial charge in [-0.2, -0.15) is 9.83 Å². The van der Waals surface area contributed by atoms with E-state index in [2.05, 4.69) is 11.0 Å². The maximum absolute atomic E-state index is 12.7. The summed E-state index contributed by atoms with van der Waals surface area (Å²) in [4.78, 5) is 13.9. The van der Waals surface area contributed by atoms with Crippen LogP contribution in [0.1, 0.15) is 6.92 Å². The summed E-state index contributed by atoms with van der Waals surface area (Å²) in [6.45, 7) is 1.40. The van der Waals surface area contributed by atoms with Crippen LogP contribution in [0.2, 0.25) is 5.15 Å². The van der Waals surface area contributed by atoms with Crippen LogP contribution in [0, 0.1) is 23.5 Å². The minimum absolute atomic E-state index is 0.00135. The number of aromatic nitrogens is 3. The average Bonchev–Trinajstić information content (AvgIpc) is 2.92. The van der Waals surface area contributed by atoms with Crippen molar-refractivity contribution in [2.24, 2.45) is 5.92 Å². The van der Waals surface area contributed by atoms with Crippen molar-refractivity contribution in [2.75, 3.05) is 23.5 Å². The quantitative estimate of drug-likeness (QED) is 0.408. The molecule has 8 nitrogen and oxygen atoms in total. The number of rotatable bonds is 6. The molecular formula is C16H17ClN4O4S. The van der Waals surface area contributed by atoms with E-state index in [4.69, 9.17) is 18.0 Å². The molecule has 2 aromatic rings. The fraction of sp³-hybridized carbons (Fsp3) is 0.312. The molecule has 0 N–H and O–H groups in total. The molecule has 0 radical (unpaired) electrons. The van der Waals surface area contributed by atoms with E-state index in [0.29, 0.717) is 10.4 Å². The van der Waals surface area contributed by atoms with E-state index in [0.717, 1.165) is 6.26 Å². The third-order valence-electron chi connectivity index (χ3n) is 3.46. The summed E-state index contributed by atoms with van der Waals surface area (Å²) in [7, 11) is -3.34. The SMILES string of the molecule is C#CCN(C(=O)C(C)CS(C)(=O)=O)c1cn(-c2ccc[n+]([O-])c2)nc1Cl. The summed E-state index contributed by atoms with van der Waals surface area (Å²) in [5.41, 5.74) is 0.671. The van der Waals surface area contributed by atoms with Gasteiger partial charge < -0.3 is 5.21 Å². The van der Waals surface area contributed by atoms with E-state index in [1.165, 1.54) is 41.2 Å². The zero-order chi connectivity index (χ0) is 19.5. The Balaban J connectivity index is 2.39. The summed E-state index contributed by atoms with van der Waals surface area (Å²) >= 11 is 6.15. The number of hydrogen-bond donors (Lipinski definition) is 0. The van der Waals surface area contributed by atoms with Gasteiger partial charge in [0, 0.05) is 18.2 Å². The van der Waals surface area contributed by atoms with E-state index >= 15 is 0 Å². The van der Waals surface area contributed by atoms with Gasteiger partial charge in [0.15, 0.2) is 11.3 Å². The highest BCUT2D eigenvalue weighted by molar-refractivity contribution is 7.90. The average molecular weight is 397 g/mol. The predicted molar refractivity (Wildman–Crippen MR) is 97.6 cm³/mol. The molecular weight excluding hydrogens is 380 g/mol. The number of nitrogens with zero attached hydrogens (tertiary/aromatic N) is 4. The Morgan fingerprint density at radius 2 is 2.27 bits per heavy atom. The monoisotopic (exact) mass is 396 g/mol. The summed E-state index contributed by atoms with van der Waals surface area (Å²) in [5, 5.41) is 15.5. The van der Waals surface area contributed by atoms with Gasteiger partial charge in [-0.1, -0.05) is 24.4 Å². The van der Waals surface area contributed by atoms with Crippen LogP contribution >= 0.6 is 11.6 Å². The lowest BCUT2D eigenvalue weighted by molar-refractivity contribution is -0.605. The lowest BCUT2D eigenvalue weighted by Gasteiger charge is -2.22. The van der Waals surface area contributed by atoms with Crippen LogP contribution < -0.4 is 9.63 Å². The van der Waals surface area contributed by atoms with Gasteiger partial charge in [-0.15, -0.1) is 6.42 Å². The molecule has 2 rings (SSSR count). The first-order valence-corrected chi connectivity index (χ1v) is 9.93. The Hall–Kier alpha value is -2.57.